The number of Topliss-reactive ketones (excluding diaryl/α,β-unsaturated/α-hetero) is 1. The first-order chi connectivity index (χ1) is 10.2. The van der Waals surface area contributed by atoms with Crippen molar-refractivity contribution in [3.8, 4) is 0 Å². The van der Waals surface area contributed by atoms with Crippen LogP contribution in [0.25, 0.3) is 0 Å². The molecule has 0 N–H and O–H groups in total. The van der Waals surface area contributed by atoms with Crippen LogP contribution in [0.3, 0.4) is 0 Å². The van der Waals surface area contributed by atoms with Gasteiger partial charge < -0.3 is 9.64 Å². The number of benzene rings is 1. The molecule has 1 fully saturated rings. The Labute approximate surface area is 130 Å². The molecule has 1 aliphatic heterocycles. The van der Waals surface area contributed by atoms with Gasteiger partial charge in [0.15, 0.2) is 5.78 Å². The van der Waals surface area contributed by atoms with E-state index in [1.54, 1.807) is 38.7 Å². The summed E-state index contributed by atoms with van der Waals surface area (Å²) in [6, 6.07) is 4.21. The Morgan fingerprint density at radius 3 is 2.64 bits per heavy atom. The van der Waals surface area contributed by atoms with E-state index in [0.717, 1.165) is 5.56 Å². The van der Waals surface area contributed by atoms with Gasteiger partial charge in [0.2, 0.25) is 0 Å². The third kappa shape index (κ3) is 3.84. The van der Waals surface area contributed by atoms with Crippen LogP contribution in [0.1, 0.15) is 43.1 Å². The lowest BCUT2D eigenvalue weighted by atomic mass is 9.94. The van der Waals surface area contributed by atoms with E-state index in [1.165, 1.54) is 12.1 Å². The highest BCUT2D eigenvalue weighted by molar-refractivity contribution is 5.99. The molecule has 1 atom stereocenters. The van der Waals surface area contributed by atoms with Crippen molar-refractivity contribution >= 4 is 11.9 Å². The number of ether oxygens (including phenoxy) is 1. The van der Waals surface area contributed by atoms with Gasteiger partial charge in [-0.15, -0.1) is 0 Å². The number of hydrogen-bond donors (Lipinski definition) is 0. The van der Waals surface area contributed by atoms with Gasteiger partial charge in [-0.25, -0.2) is 9.18 Å². The molecule has 1 heterocycles. The van der Waals surface area contributed by atoms with Crippen molar-refractivity contribution < 1.29 is 18.7 Å². The van der Waals surface area contributed by atoms with Crippen molar-refractivity contribution in [2.75, 3.05) is 13.1 Å². The highest BCUT2D eigenvalue weighted by atomic mass is 19.1. The standard InChI is InChI=1S/C17H22FNO3/c1-11-5-6-13(18)9-14(11)15(20)12-7-8-19(10-12)16(21)22-17(2,3)4/h5-6,9,12H,7-8,10H2,1-4H3/t12-/m0/s1. The minimum absolute atomic E-state index is 0.108. The van der Waals surface area contributed by atoms with Crippen molar-refractivity contribution in [3.05, 3.63) is 35.1 Å². The Kier molecular flexibility index (Phi) is 4.54. The smallest absolute Gasteiger partial charge is 0.410 e. The van der Waals surface area contributed by atoms with E-state index in [1.807, 2.05) is 0 Å². The van der Waals surface area contributed by atoms with E-state index >= 15 is 0 Å². The molecule has 22 heavy (non-hydrogen) atoms. The molecule has 2 rings (SSSR count). The van der Waals surface area contributed by atoms with Crippen molar-refractivity contribution in [1.82, 2.24) is 4.90 Å². The number of carbonyl (C=O) groups is 2. The van der Waals surface area contributed by atoms with Gasteiger partial charge in [-0.2, -0.15) is 0 Å². The van der Waals surface area contributed by atoms with Crippen LogP contribution in [0.15, 0.2) is 18.2 Å². The Morgan fingerprint density at radius 1 is 1.32 bits per heavy atom. The first-order valence-electron chi connectivity index (χ1n) is 7.45. The van der Waals surface area contributed by atoms with Crippen LogP contribution >= 0.6 is 0 Å². The number of likely N-dealkylation sites (tertiary alicyclic amines) is 1. The number of amides is 1. The van der Waals surface area contributed by atoms with Gasteiger partial charge in [-0.1, -0.05) is 6.07 Å². The maximum Gasteiger partial charge on any atom is 0.410 e. The van der Waals surface area contributed by atoms with Crippen molar-refractivity contribution in [2.24, 2.45) is 5.92 Å². The second-order valence-electron chi connectivity index (χ2n) is 6.74. The number of rotatable bonds is 2. The summed E-state index contributed by atoms with van der Waals surface area (Å²) in [5.74, 6) is -0.827. The Balaban J connectivity index is 2.05. The van der Waals surface area contributed by atoms with E-state index in [0.29, 0.717) is 25.1 Å². The van der Waals surface area contributed by atoms with E-state index in [4.69, 9.17) is 4.74 Å². The Morgan fingerprint density at radius 2 is 2.00 bits per heavy atom. The normalized spacial score (nSPS) is 18.4. The number of nitrogens with zero attached hydrogens (tertiary/aromatic N) is 1. The third-order valence-corrected chi connectivity index (χ3v) is 3.68. The molecule has 0 saturated carbocycles. The van der Waals surface area contributed by atoms with Crippen LogP contribution in [-0.2, 0) is 4.74 Å². The largest absolute Gasteiger partial charge is 0.444 e. The van der Waals surface area contributed by atoms with Gasteiger partial charge in [0.1, 0.15) is 11.4 Å². The van der Waals surface area contributed by atoms with E-state index in [2.05, 4.69) is 0 Å². The van der Waals surface area contributed by atoms with Gasteiger partial charge in [0.05, 0.1) is 0 Å². The van der Waals surface area contributed by atoms with Crippen LogP contribution in [0, 0.1) is 18.7 Å². The molecular weight excluding hydrogens is 285 g/mol. The fraction of sp³-hybridized carbons (Fsp3) is 0.529. The molecule has 4 nitrogen and oxygen atoms in total. The fourth-order valence-electron chi connectivity index (χ4n) is 2.55. The molecule has 1 amide bonds. The summed E-state index contributed by atoms with van der Waals surface area (Å²) in [6.07, 6.45) is 0.173. The molecule has 1 aliphatic rings. The zero-order valence-electron chi connectivity index (χ0n) is 13.5. The molecular formula is C17H22FNO3. The first kappa shape index (κ1) is 16.5. The predicted molar refractivity (Wildman–Crippen MR) is 81.4 cm³/mol. The number of carbonyl (C=O) groups excluding carboxylic acids is 2. The Bertz CT molecular complexity index is 592. The van der Waals surface area contributed by atoms with Gasteiger partial charge in [-0.05, 0) is 51.8 Å². The monoisotopic (exact) mass is 307 g/mol. The zero-order valence-corrected chi connectivity index (χ0v) is 13.5. The summed E-state index contributed by atoms with van der Waals surface area (Å²) in [4.78, 5) is 26.1. The lowest BCUT2D eigenvalue weighted by Gasteiger charge is -2.24. The molecule has 0 aliphatic carbocycles. The topological polar surface area (TPSA) is 46.6 Å². The molecule has 5 heteroatoms. The Hall–Kier alpha value is -1.91. The number of hydrogen-bond acceptors (Lipinski definition) is 3. The highest BCUT2D eigenvalue weighted by Crippen LogP contribution is 2.24. The average Bonchev–Trinajstić information content (AvgIpc) is 2.88. The fourth-order valence-corrected chi connectivity index (χ4v) is 2.55. The second-order valence-corrected chi connectivity index (χ2v) is 6.74. The van der Waals surface area contributed by atoms with E-state index in [-0.39, 0.29) is 11.7 Å². The molecule has 1 saturated heterocycles. The lowest BCUT2D eigenvalue weighted by molar-refractivity contribution is 0.0289. The van der Waals surface area contributed by atoms with Crippen LogP contribution in [0.5, 0.6) is 0 Å². The molecule has 0 radical (unpaired) electrons. The minimum atomic E-state index is -0.557. The lowest BCUT2D eigenvalue weighted by Crippen LogP contribution is -2.35. The van der Waals surface area contributed by atoms with Gasteiger partial charge in [-0.3, -0.25) is 4.79 Å². The average molecular weight is 307 g/mol. The van der Waals surface area contributed by atoms with E-state index in [9.17, 15) is 14.0 Å². The van der Waals surface area contributed by atoms with Crippen LogP contribution in [0.4, 0.5) is 9.18 Å². The van der Waals surface area contributed by atoms with Gasteiger partial charge in [0.25, 0.3) is 0 Å². The highest BCUT2D eigenvalue weighted by Gasteiger charge is 2.34. The molecule has 0 bridgehead atoms. The third-order valence-electron chi connectivity index (χ3n) is 3.68. The van der Waals surface area contributed by atoms with Crippen molar-refractivity contribution in [1.29, 1.82) is 0 Å². The maximum absolute atomic E-state index is 13.3. The van der Waals surface area contributed by atoms with Gasteiger partial charge in [0, 0.05) is 24.6 Å². The summed E-state index contributed by atoms with van der Waals surface area (Å²) in [6.45, 7) is 8.01. The molecule has 120 valence electrons. The number of aryl methyl sites for hydroxylation is 1. The molecule has 0 spiro atoms. The molecule has 0 unspecified atom stereocenters. The number of halogens is 1. The van der Waals surface area contributed by atoms with Crippen LogP contribution in [-0.4, -0.2) is 35.5 Å². The van der Waals surface area contributed by atoms with Crippen LogP contribution < -0.4 is 0 Å². The summed E-state index contributed by atoms with van der Waals surface area (Å²) < 4.78 is 18.7. The van der Waals surface area contributed by atoms with Crippen molar-refractivity contribution in [2.45, 2.75) is 39.7 Å². The second kappa shape index (κ2) is 6.07. The summed E-state index contributed by atoms with van der Waals surface area (Å²) in [5.41, 5.74) is 0.594. The maximum atomic E-state index is 13.3. The van der Waals surface area contributed by atoms with Gasteiger partial charge >= 0.3 is 6.09 Å². The minimum Gasteiger partial charge on any atom is -0.444 e. The molecule has 1 aromatic rings. The summed E-state index contributed by atoms with van der Waals surface area (Å²) in [5, 5.41) is 0. The summed E-state index contributed by atoms with van der Waals surface area (Å²) >= 11 is 0. The van der Waals surface area contributed by atoms with Crippen LogP contribution in [0.2, 0.25) is 0 Å². The SMILES string of the molecule is Cc1ccc(F)cc1C(=O)[C@H]1CCN(C(=O)OC(C)(C)C)C1. The van der Waals surface area contributed by atoms with E-state index < -0.39 is 17.5 Å². The first-order valence-corrected chi connectivity index (χ1v) is 7.45. The zero-order chi connectivity index (χ0) is 16.5. The quantitative estimate of drug-likeness (QED) is 0.785. The van der Waals surface area contributed by atoms with Crippen molar-refractivity contribution in [3.63, 3.8) is 0 Å². The molecule has 1 aromatic carbocycles. The molecule has 0 aromatic heterocycles. The summed E-state index contributed by atoms with van der Waals surface area (Å²) in [7, 11) is 0. The number of ketones is 1. The predicted octanol–water partition coefficient (Wildman–Crippen LogP) is 3.57.